The van der Waals surface area contributed by atoms with Gasteiger partial charge in [0.05, 0.1) is 28.1 Å². The summed E-state index contributed by atoms with van der Waals surface area (Å²) in [6.45, 7) is 7.50. The third-order valence-electron chi connectivity index (χ3n) is 6.49. The minimum Gasteiger partial charge on any atom is -0.470 e. The first-order valence-electron chi connectivity index (χ1n) is 11.6. The van der Waals surface area contributed by atoms with Gasteiger partial charge in [0.15, 0.2) is 0 Å². The molecule has 3 unspecified atom stereocenters. The zero-order chi connectivity index (χ0) is 26.4. The molecule has 1 aromatic carbocycles. The number of rotatable bonds is 4. The third-order valence-corrected chi connectivity index (χ3v) is 6.49. The lowest BCUT2D eigenvalue weighted by Gasteiger charge is -2.38. The van der Waals surface area contributed by atoms with Gasteiger partial charge in [-0.05, 0) is 43.9 Å². The molecule has 3 aromatic rings. The van der Waals surface area contributed by atoms with Crippen molar-refractivity contribution in [2.75, 3.05) is 13.1 Å². The summed E-state index contributed by atoms with van der Waals surface area (Å²) in [5, 5.41) is 10.1. The summed E-state index contributed by atoms with van der Waals surface area (Å²) in [7, 11) is 0. The molecule has 0 spiro atoms. The molecule has 8 nitrogen and oxygen atoms in total. The topological polar surface area (TPSA) is 108 Å². The van der Waals surface area contributed by atoms with Crippen LogP contribution in [0.4, 0.5) is 13.2 Å². The van der Waals surface area contributed by atoms with Gasteiger partial charge in [0, 0.05) is 30.9 Å². The van der Waals surface area contributed by atoms with E-state index in [-0.39, 0.29) is 45.9 Å². The van der Waals surface area contributed by atoms with Crippen molar-refractivity contribution in [1.82, 2.24) is 19.9 Å². The van der Waals surface area contributed by atoms with Gasteiger partial charge in [-0.2, -0.15) is 13.2 Å². The second-order valence-corrected chi connectivity index (χ2v) is 9.41. The van der Waals surface area contributed by atoms with Gasteiger partial charge < -0.3 is 19.7 Å². The van der Waals surface area contributed by atoms with E-state index in [1.807, 2.05) is 13.8 Å². The highest BCUT2D eigenvalue weighted by atomic mass is 19.4. The summed E-state index contributed by atoms with van der Waals surface area (Å²) >= 11 is 0. The maximum absolute atomic E-state index is 13.8. The minimum atomic E-state index is -4.70. The maximum atomic E-state index is 13.8. The average molecular weight is 505 g/mol. The van der Waals surface area contributed by atoms with Crippen LogP contribution in [0.25, 0.3) is 10.9 Å². The number of nitrogens with zero attached hydrogens (tertiary/aromatic N) is 3. The third kappa shape index (κ3) is 5.06. The molecule has 3 atom stereocenters. The smallest absolute Gasteiger partial charge is 0.416 e. The number of amides is 1. The highest BCUT2D eigenvalue weighted by molar-refractivity contribution is 5.94. The number of hydrogen-bond donors (Lipinski definition) is 2. The van der Waals surface area contributed by atoms with Gasteiger partial charge in [0.2, 0.25) is 5.88 Å². The van der Waals surface area contributed by atoms with Crippen molar-refractivity contribution in [1.29, 1.82) is 0 Å². The zero-order valence-electron chi connectivity index (χ0n) is 20.3. The Morgan fingerprint density at radius 3 is 2.47 bits per heavy atom. The molecule has 36 heavy (non-hydrogen) atoms. The molecule has 2 N–H and O–H groups in total. The summed E-state index contributed by atoms with van der Waals surface area (Å²) in [4.78, 5) is 37.5. The number of benzene rings is 1. The van der Waals surface area contributed by atoms with Crippen LogP contribution >= 0.6 is 0 Å². The van der Waals surface area contributed by atoms with Gasteiger partial charge in [-0.3, -0.25) is 9.59 Å². The predicted octanol–water partition coefficient (Wildman–Crippen LogP) is 3.87. The van der Waals surface area contributed by atoms with Crippen molar-refractivity contribution < 1.29 is 27.8 Å². The van der Waals surface area contributed by atoms with E-state index in [0.29, 0.717) is 18.7 Å². The number of ether oxygens (including phenoxy) is 1. The quantitative estimate of drug-likeness (QED) is 0.559. The Balaban J connectivity index is 1.57. The van der Waals surface area contributed by atoms with Gasteiger partial charge in [-0.1, -0.05) is 13.8 Å². The van der Waals surface area contributed by atoms with Crippen LogP contribution in [0.15, 0.2) is 35.3 Å². The molecule has 0 saturated carbocycles. The van der Waals surface area contributed by atoms with E-state index in [2.05, 4.69) is 15.0 Å². The largest absolute Gasteiger partial charge is 0.470 e. The Labute approximate surface area is 205 Å². The first kappa shape index (κ1) is 25.6. The fourth-order valence-electron chi connectivity index (χ4n) is 4.62. The number of likely N-dealkylation sites (tertiary alicyclic amines) is 1. The Kier molecular flexibility index (Phi) is 6.78. The van der Waals surface area contributed by atoms with Crippen LogP contribution < -0.4 is 10.3 Å². The average Bonchev–Trinajstić information content (AvgIpc) is 2.80. The minimum absolute atomic E-state index is 0.0167. The lowest BCUT2D eigenvalue weighted by Crippen LogP contribution is -2.49. The second-order valence-electron chi connectivity index (χ2n) is 9.41. The summed E-state index contributed by atoms with van der Waals surface area (Å²) in [6.07, 6.45) is -4.96. The van der Waals surface area contributed by atoms with E-state index in [1.165, 1.54) is 32.2 Å². The Morgan fingerprint density at radius 1 is 1.22 bits per heavy atom. The number of carbonyl (C=O) groups excluding carboxylic acids is 1. The summed E-state index contributed by atoms with van der Waals surface area (Å²) < 4.78 is 47.2. The first-order valence-corrected chi connectivity index (χ1v) is 11.6. The van der Waals surface area contributed by atoms with Crippen LogP contribution in [0.3, 0.4) is 0 Å². The molecule has 1 aliphatic rings. The lowest BCUT2D eigenvalue weighted by molar-refractivity contribution is -0.138. The number of halogens is 3. The van der Waals surface area contributed by atoms with E-state index in [4.69, 9.17) is 4.74 Å². The summed E-state index contributed by atoms with van der Waals surface area (Å²) in [5.41, 5.74) is -1.49. The number of aromatic nitrogens is 3. The van der Waals surface area contributed by atoms with Crippen molar-refractivity contribution in [3.05, 3.63) is 63.3 Å². The molecule has 2 aromatic heterocycles. The van der Waals surface area contributed by atoms with Crippen molar-refractivity contribution >= 4 is 16.8 Å². The lowest BCUT2D eigenvalue weighted by atomic mass is 9.88. The van der Waals surface area contributed by atoms with Crippen LogP contribution in [0, 0.1) is 18.8 Å². The zero-order valence-corrected chi connectivity index (χ0v) is 20.3. The summed E-state index contributed by atoms with van der Waals surface area (Å²) in [6, 6.07) is 4.90. The molecule has 4 rings (SSSR count). The standard InChI is InChI=1S/C25H27F3N4O4/c1-12-10-32(11-13(2)22(12)33)24(35)16-5-6-21(29-9-16)36-14(3)17-7-18-20(8-19(17)25(26,27)28)30-15(4)31-23(18)34/h5-9,12-14,22,33H,10-11H2,1-4H3,(H,30,31,34). The van der Waals surface area contributed by atoms with Crippen molar-refractivity contribution in [3.63, 3.8) is 0 Å². The normalized spacial score (nSPS) is 21.4. The number of fused-ring (bicyclic) bond motifs is 1. The number of aliphatic hydroxyl groups is 1. The monoisotopic (exact) mass is 504 g/mol. The molecule has 1 aliphatic heterocycles. The molecular weight excluding hydrogens is 477 g/mol. The number of aromatic amines is 1. The molecule has 1 amide bonds. The van der Waals surface area contributed by atoms with Crippen molar-refractivity contribution in [2.45, 2.75) is 46.1 Å². The van der Waals surface area contributed by atoms with Crippen LogP contribution in [-0.2, 0) is 6.18 Å². The molecule has 11 heteroatoms. The molecule has 0 radical (unpaired) electrons. The number of H-pyrrole nitrogens is 1. The Morgan fingerprint density at radius 2 is 1.89 bits per heavy atom. The molecule has 1 saturated heterocycles. The first-order chi connectivity index (χ1) is 16.8. The molecule has 3 heterocycles. The number of alkyl halides is 3. The van der Waals surface area contributed by atoms with E-state index in [0.717, 1.165) is 12.1 Å². The fraction of sp³-hybridized carbons (Fsp3) is 0.440. The number of piperidine rings is 1. The van der Waals surface area contributed by atoms with E-state index in [9.17, 15) is 27.9 Å². The van der Waals surface area contributed by atoms with Gasteiger partial charge >= 0.3 is 6.18 Å². The molecule has 1 fully saturated rings. The van der Waals surface area contributed by atoms with Gasteiger partial charge in [0.1, 0.15) is 11.9 Å². The number of hydrogen-bond acceptors (Lipinski definition) is 6. The fourth-order valence-corrected chi connectivity index (χ4v) is 4.62. The van der Waals surface area contributed by atoms with Crippen LogP contribution in [0.2, 0.25) is 0 Å². The van der Waals surface area contributed by atoms with Crippen LogP contribution in [-0.4, -0.2) is 50.1 Å². The van der Waals surface area contributed by atoms with Crippen molar-refractivity contribution in [2.24, 2.45) is 11.8 Å². The van der Waals surface area contributed by atoms with E-state index < -0.39 is 29.5 Å². The number of aliphatic hydroxyl groups excluding tert-OH is 1. The Bertz CT molecular complexity index is 1330. The predicted molar refractivity (Wildman–Crippen MR) is 126 cm³/mol. The van der Waals surface area contributed by atoms with Crippen LogP contribution in [0.1, 0.15) is 54.2 Å². The second kappa shape index (κ2) is 9.53. The Hall–Kier alpha value is -3.47. The highest BCUT2D eigenvalue weighted by Gasteiger charge is 2.36. The van der Waals surface area contributed by atoms with Crippen LogP contribution in [0.5, 0.6) is 5.88 Å². The van der Waals surface area contributed by atoms with Gasteiger partial charge in [0.25, 0.3) is 11.5 Å². The van der Waals surface area contributed by atoms with Gasteiger partial charge in [-0.25, -0.2) is 9.97 Å². The van der Waals surface area contributed by atoms with E-state index in [1.54, 1.807) is 4.90 Å². The summed E-state index contributed by atoms with van der Waals surface area (Å²) in [5.74, 6) is -0.140. The maximum Gasteiger partial charge on any atom is 0.416 e. The van der Waals surface area contributed by atoms with Crippen molar-refractivity contribution in [3.8, 4) is 5.88 Å². The molecular formula is C25H27F3N4O4. The molecule has 192 valence electrons. The van der Waals surface area contributed by atoms with E-state index >= 15 is 0 Å². The number of pyridine rings is 1. The molecule has 0 aliphatic carbocycles. The SMILES string of the molecule is Cc1nc2cc(C(F)(F)F)c(C(C)Oc3ccc(C(=O)N4CC(C)C(O)C(C)C4)cn3)cc2c(=O)[nH]1. The number of carbonyl (C=O) groups is 1. The molecule has 0 bridgehead atoms. The van der Waals surface area contributed by atoms with Gasteiger partial charge in [-0.15, -0.1) is 0 Å². The number of aryl methyl sites for hydroxylation is 1. The number of nitrogens with one attached hydrogen (secondary N) is 1. The highest BCUT2D eigenvalue weighted by Crippen LogP contribution is 2.37.